The van der Waals surface area contributed by atoms with Crippen molar-refractivity contribution in [1.82, 2.24) is 5.32 Å². The Labute approximate surface area is 136 Å². The second-order valence-corrected chi connectivity index (χ2v) is 7.35. The van der Waals surface area contributed by atoms with Gasteiger partial charge >= 0.3 is 0 Å². The van der Waals surface area contributed by atoms with Crippen LogP contribution in [0.15, 0.2) is 18.2 Å². The lowest BCUT2D eigenvalue weighted by Crippen LogP contribution is -2.48. The molecule has 0 spiro atoms. The normalized spacial score (nSPS) is 31.4. The van der Waals surface area contributed by atoms with Gasteiger partial charge in [-0.05, 0) is 50.3 Å². The minimum Gasteiger partial charge on any atom is -0.311 e. The highest BCUT2D eigenvalue weighted by atomic mass is 35.5. The summed E-state index contributed by atoms with van der Waals surface area (Å²) in [6.45, 7) is 2.16. The van der Waals surface area contributed by atoms with Crippen molar-refractivity contribution >= 4 is 29.0 Å². The van der Waals surface area contributed by atoms with Crippen molar-refractivity contribution < 1.29 is 4.79 Å². The first-order valence-corrected chi connectivity index (χ1v) is 8.55. The highest BCUT2D eigenvalue weighted by Crippen LogP contribution is 2.46. The zero-order valence-electron chi connectivity index (χ0n) is 12.3. The van der Waals surface area contributed by atoms with Gasteiger partial charge in [-0.3, -0.25) is 4.79 Å². The van der Waals surface area contributed by atoms with Crippen LogP contribution >= 0.6 is 23.2 Å². The molecule has 2 fully saturated rings. The molecular formula is C17H21Cl2NO. The summed E-state index contributed by atoms with van der Waals surface area (Å²) >= 11 is 12.1. The number of piperidine rings is 1. The molecule has 2 aliphatic heterocycles. The number of ketones is 1. The van der Waals surface area contributed by atoms with Crippen LogP contribution in [0.25, 0.3) is 0 Å². The van der Waals surface area contributed by atoms with Crippen LogP contribution < -0.4 is 5.32 Å². The number of benzene rings is 1. The van der Waals surface area contributed by atoms with Gasteiger partial charge in [0.1, 0.15) is 0 Å². The molecule has 114 valence electrons. The summed E-state index contributed by atoms with van der Waals surface area (Å²) in [5.41, 5.74) is 0.488. The summed E-state index contributed by atoms with van der Waals surface area (Å²) in [4.78, 5) is 13.2. The Balaban J connectivity index is 1.93. The van der Waals surface area contributed by atoms with Crippen molar-refractivity contribution in [3.05, 3.63) is 33.8 Å². The van der Waals surface area contributed by atoms with E-state index in [1.165, 1.54) is 12.8 Å². The molecule has 0 saturated carbocycles. The maximum Gasteiger partial charge on any atom is 0.169 e. The zero-order chi connectivity index (χ0) is 15.0. The second-order valence-electron chi connectivity index (χ2n) is 6.53. The fourth-order valence-electron chi connectivity index (χ4n) is 4.18. The Morgan fingerprint density at radius 3 is 2.48 bits per heavy atom. The molecule has 2 aliphatic rings. The van der Waals surface area contributed by atoms with Crippen molar-refractivity contribution in [2.75, 3.05) is 0 Å². The molecule has 1 N–H and O–H groups in total. The average Bonchev–Trinajstić information content (AvgIpc) is 2.81. The number of nitrogens with one attached hydrogen (secondary N) is 1. The Morgan fingerprint density at radius 2 is 1.90 bits per heavy atom. The van der Waals surface area contributed by atoms with E-state index in [9.17, 15) is 4.79 Å². The van der Waals surface area contributed by atoms with Crippen molar-refractivity contribution in [1.29, 1.82) is 0 Å². The maximum atomic E-state index is 13.2. The Bertz CT molecular complexity index is 546. The molecule has 2 nitrogen and oxygen atoms in total. The Hall–Kier alpha value is -0.570. The summed E-state index contributed by atoms with van der Waals surface area (Å²) in [7, 11) is 0. The SMILES string of the molecule is CCCC1(C(=O)c2ccc(Cl)c(Cl)c2)CC2CC[C@@H](C1)N2. The van der Waals surface area contributed by atoms with E-state index < -0.39 is 0 Å². The predicted molar refractivity (Wildman–Crippen MR) is 87.3 cm³/mol. The molecule has 0 aliphatic carbocycles. The van der Waals surface area contributed by atoms with Gasteiger partial charge in [-0.15, -0.1) is 0 Å². The first kappa shape index (κ1) is 15.3. The van der Waals surface area contributed by atoms with Crippen LogP contribution in [0.1, 0.15) is 55.8 Å². The molecule has 21 heavy (non-hydrogen) atoms. The standard InChI is InChI=1S/C17H21Cl2NO/c1-2-7-17(9-12-4-5-13(10-17)20-12)16(21)11-3-6-14(18)15(19)8-11/h3,6,8,12-13,20H,2,4-5,7,9-10H2,1H3/t12-,13?,17?/m0/s1. The van der Waals surface area contributed by atoms with Crippen LogP contribution in [0.4, 0.5) is 0 Å². The smallest absolute Gasteiger partial charge is 0.169 e. The molecule has 1 aromatic rings. The number of hydrogen-bond donors (Lipinski definition) is 1. The number of carbonyl (C=O) groups is 1. The van der Waals surface area contributed by atoms with Gasteiger partial charge in [-0.2, -0.15) is 0 Å². The van der Waals surface area contributed by atoms with Gasteiger partial charge in [0, 0.05) is 23.1 Å². The molecule has 3 atom stereocenters. The van der Waals surface area contributed by atoms with E-state index in [2.05, 4.69) is 12.2 Å². The highest BCUT2D eigenvalue weighted by molar-refractivity contribution is 6.42. The summed E-state index contributed by atoms with van der Waals surface area (Å²) in [5.74, 6) is 0.251. The lowest BCUT2D eigenvalue weighted by atomic mass is 9.68. The maximum absolute atomic E-state index is 13.2. The molecule has 0 radical (unpaired) electrons. The summed E-state index contributed by atoms with van der Waals surface area (Å²) < 4.78 is 0. The Morgan fingerprint density at radius 1 is 1.24 bits per heavy atom. The van der Waals surface area contributed by atoms with E-state index in [0.717, 1.165) is 25.7 Å². The van der Waals surface area contributed by atoms with E-state index in [-0.39, 0.29) is 11.2 Å². The summed E-state index contributed by atoms with van der Waals surface area (Å²) in [6.07, 6.45) is 6.30. The molecule has 1 aromatic carbocycles. The number of halogens is 2. The topological polar surface area (TPSA) is 29.1 Å². The molecular weight excluding hydrogens is 305 g/mol. The summed E-state index contributed by atoms with van der Waals surface area (Å²) in [5, 5.41) is 4.60. The van der Waals surface area contributed by atoms with Crippen LogP contribution in [-0.2, 0) is 0 Å². The van der Waals surface area contributed by atoms with Crippen molar-refractivity contribution in [3.63, 3.8) is 0 Å². The quantitative estimate of drug-likeness (QED) is 0.799. The third-order valence-corrected chi connectivity index (χ3v) is 5.74. The second kappa shape index (κ2) is 5.91. The van der Waals surface area contributed by atoms with Crippen LogP contribution in [0.2, 0.25) is 10.0 Å². The number of carbonyl (C=O) groups excluding carboxylic acids is 1. The first-order chi connectivity index (χ1) is 10.0. The van der Waals surface area contributed by atoms with Crippen molar-refractivity contribution in [2.45, 2.75) is 57.5 Å². The van der Waals surface area contributed by atoms with Gasteiger partial charge in [0.05, 0.1) is 10.0 Å². The number of fused-ring (bicyclic) bond motifs is 2. The van der Waals surface area contributed by atoms with Crippen molar-refractivity contribution in [3.8, 4) is 0 Å². The monoisotopic (exact) mass is 325 g/mol. The van der Waals surface area contributed by atoms with E-state index in [4.69, 9.17) is 23.2 Å². The van der Waals surface area contributed by atoms with E-state index in [1.807, 2.05) is 6.07 Å². The minimum atomic E-state index is -0.219. The molecule has 2 heterocycles. The third-order valence-electron chi connectivity index (χ3n) is 5.00. The fraction of sp³-hybridized carbons (Fsp3) is 0.588. The molecule has 2 bridgehead atoms. The molecule has 4 heteroatoms. The molecule has 2 unspecified atom stereocenters. The van der Waals surface area contributed by atoms with Crippen LogP contribution in [0, 0.1) is 5.41 Å². The van der Waals surface area contributed by atoms with E-state index in [1.54, 1.807) is 12.1 Å². The molecule has 0 amide bonds. The zero-order valence-corrected chi connectivity index (χ0v) is 13.8. The van der Waals surface area contributed by atoms with Crippen LogP contribution in [0.5, 0.6) is 0 Å². The molecule has 2 saturated heterocycles. The largest absolute Gasteiger partial charge is 0.311 e. The molecule has 3 rings (SSSR count). The van der Waals surface area contributed by atoms with Gasteiger partial charge in [0.2, 0.25) is 0 Å². The van der Waals surface area contributed by atoms with Gasteiger partial charge in [-0.1, -0.05) is 36.5 Å². The molecule has 0 aromatic heterocycles. The van der Waals surface area contributed by atoms with Gasteiger partial charge in [0.25, 0.3) is 0 Å². The van der Waals surface area contributed by atoms with Crippen LogP contribution in [0.3, 0.4) is 0 Å². The fourth-order valence-corrected chi connectivity index (χ4v) is 4.47. The number of hydrogen-bond acceptors (Lipinski definition) is 2. The van der Waals surface area contributed by atoms with Crippen LogP contribution in [-0.4, -0.2) is 17.9 Å². The van der Waals surface area contributed by atoms with E-state index in [0.29, 0.717) is 27.7 Å². The summed E-state index contributed by atoms with van der Waals surface area (Å²) in [6, 6.07) is 6.28. The third kappa shape index (κ3) is 2.86. The predicted octanol–water partition coefficient (Wildman–Crippen LogP) is 4.88. The van der Waals surface area contributed by atoms with Gasteiger partial charge in [-0.25, -0.2) is 0 Å². The van der Waals surface area contributed by atoms with Gasteiger partial charge < -0.3 is 5.32 Å². The van der Waals surface area contributed by atoms with E-state index >= 15 is 0 Å². The number of Topliss-reactive ketones (excluding diaryl/α,β-unsaturated/α-hetero) is 1. The lowest BCUT2D eigenvalue weighted by Gasteiger charge is -2.40. The average molecular weight is 326 g/mol. The first-order valence-electron chi connectivity index (χ1n) is 7.80. The minimum absolute atomic E-state index is 0.219. The Kier molecular flexibility index (Phi) is 4.31. The highest BCUT2D eigenvalue weighted by Gasteiger charge is 2.47. The lowest BCUT2D eigenvalue weighted by molar-refractivity contribution is 0.0649. The van der Waals surface area contributed by atoms with Crippen molar-refractivity contribution in [2.24, 2.45) is 5.41 Å². The van der Waals surface area contributed by atoms with Gasteiger partial charge in [0.15, 0.2) is 5.78 Å². The number of rotatable bonds is 4.